The number of nitrogens with one attached hydrogen (secondary N) is 1. The Bertz CT molecular complexity index is 1410. The van der Waals surface area contributed by atoms with Gasteiger partial charge in [-0.05, 0) is 66.5 Å². The predicted molar refractivity (Wildman–Crippen MR) is 145 cm³/mol. The zero-order valence-corrected chi connectivity index (χ0v) is 22.2. The van der Waals surface area contributed by atoms with Crippen LogP contribution >= 0.6 is 22.9 Å². The number of rotatable bonds is 5. The summed E-state index contributed by atoms with van der Waals surface area (Å²) in [7, 11) is 0. The highest BCUT2D eigenvalue weighted by Crippen LogP contribution is 2.46. The maximum absolute atomic E-state index is 13.5. The third-order valence-corrected chi connectivity index (χ3v) is 8.25. The average molecular weight is 540 g/mol. The fourth-order valence-corrected chi connectivity index (χ4v) is 6.09. The number of thiophene rings is 1. The second-order valence-electron chi connectivity index (χ2n) is 10.2. The first-order valence-electron chi connectivity index (χ1n) is 11.9. The molecule has 1 N–H and O–H groups in total. The normalized spacial score (nSPS) is 16.6. The number of anilines is 1. The van der Waals surface area contributed by atoms with E-state index in [1.807, 2.05) is 0 Å². The predicted octanol–water partition coefficient (Wildman–Crippen LogP) is 7.19. The van der Waals surface area contributed by atoms with Crippen molar-refractivity contribution in [2.24, 2.45) is 16.3 Å². The van der Waals surface area contributed by atoms with E-state index in [9.17, 15) is 14.9 Å². The number of amides is 1. The fraction of sp³-hybridized carbons (Fsp3) is 0.333. The van der Waals surface area contributed by atoms with Crippen LogP contribution in [0, 0.1) is 21.4 Å². The third-order valence-electron chi connectivity index (χ3n) is 6.84. The van der Waals surface area contributed by atoms with E-state index in [2.05, 4.69) is 31.1 Å². The molecule has 192 valence electrons. The molecule has 1 aliphatic heterocycles. The van der Waals surface area contributed by atoms with Crippen LogP contribution in [0.1, 0.15) is 53.6 Å². The topological polar surface area (TPSA) is 103 Å². The average Bonchev–Trinajstić information content (AvgIpc) is 3.46. The van der Waals surface area contributed by atoms with Gasteiger partial charge in [0.1, 0.15) is 5.00 Å². The second kappa shape index (κ2) is 9.79. The molecule has 0 bridgehead atoms. The SMILES string of the molecule is CC(C)(C)[C@H]1CCc2c(sc(N=Cc3cc4c(cc3[N+](=O)[O-])OCO4)c2C(=O)Nc2ccc(Cl)cc2)C1. The first-order chi connectivity index (χ1) is 17.6. The zero-order chi connectivity index (χ0) is 26.3. The molecule has 0 unspecified atom stereocenters. The van der Waals surface area contributed by atoms with Crippen LogP contribution in [0.15, 0.2) is 41.4 Å². The van der Waals surface area contributed by atoms with Gasteiger partial charge in [-0.1, -0.05) is 32.4 Å². The summed E-state index contributed by atoms with van der Waals surface area (Å²) in [5.41, 5.74) is 2.42. The van der Waals surface area contributed by atoms with E-state index < -0.39 is 4.92 Å². The highest BCUT2D eigenvalue weighted by Gasteiger charge is 2.34. The summed E-state index contributed by atoms with van der Waals surface area (Å²) in [5, 5.41) is 15.8. The van der Waals surface area contributed by atoms with Gasteiger partial charge < -0.3 is 14.8 Å². The number of nitrogens with zero attached hydrogens (tertiary/aromatic N) is 2. The van der Waals surface area contributed by atoms with Gasteiger partial charge >= 0.3 is 0 Å². The molecule has 2 heterocycles. The van der Waals surface area contributed by atoms with E-state index >= 15 is 0 Å². The van der Waals surface area contributed by atoms with E-state index in [1.54, 1.807) is 30.3 Å². The zero-order valence-electron chi connectivity index (χ0n) is 20.7. The first-order valence-corrected chi connectivity index (χ1v) is 13.1. The van der Waals surface area contributed by atoms with Crippen molar-refractivity contribution in [2.75, 3.05) is 12.1 Å². The number of hydrogen-bond acceptors (Lipinski definition) is 7. The quantitative estimate of drug-likeness (QED) is 0.210. The molecule has 0 fully saturated rings. The van der Waals surface area contributed by atoms with Crippen LogP contribution in [-0.2, 0) is 12.8 Å². The molecule has 0 spiro atoms. The highest BCUT2D eigenvalue weighted by molar-refractivity contribution is 7.16. The monoisotopic (exact) mass is 539 g/mol. The molecule has 1 amide bonds. The Labute approximate surface area is 223 Å². The van der Waals surface area contributed by atoms with Gasteiger partial charge in [0.25, 0.3) is 11.6 Å². The lowest BCUT2D eigenvalue weighted by atomic mass is 9.72. The Hall–Kier alpha value is -3.43. The molecular weight excluding hydrogens is 514 g/mol. The number of fused-ring (bicyclic) bond motifs is 2. The lowest BCUT2D eigenvalue weighted by Crippen LogP contribution is -2.27. The number of carbonyl (C=O) groups excluding carboxylic acids is 1. The molecule has 5 rings (SSSR count). The van der Waals surface area contributed by atoms with Crippen LogP contribution in [0.2, 0.25) is 5.02 Å². The Morgan fingerprint density at radius 3 is 2.59 bits per heavy atom. The van der Waals surface area contributed by atoms with Crippen LogP contribution < -0.4 is 14.8 Å². The number of nitro groups is 1. The van der Waals surface area contributed by atoms with Gasteiger partial charge in [0, 0.05) is 21.8 Å². The smallest absolute Gasteiger partial charge is 0.282 e. The minimum atomic E-state index is -0.481. The Balaban J connectivity index is 1.54. The minimum Gasteiger partial charge on any atom is -0.454 e. The number of aliphatic imine (C=N–C) groups is 1. The number of nitro benzene ring substituents is 1. The van der Waals surface area contributed by atoms with E-state index in [1.165, 1.54) is 23.6 Å². The molecule has 3 aromatic rings. The van der Waals surface area contributed by atoms with Crippen molar-refractivity contribution in [3.8, 4) is 11.5 Å². The standard InChI is InChI=1S/C27H26ClN3O5S/c1-27(2,3)16-4-9-19-23(11-16)37-26(24(19)25(32)30-18-7-5-17(28)6-8-18)29-13-15-10-21-22(36-14-35-21)12-20(15)31(33)34/h5-8,10,12-13,16H,4,9,11,14H2,1-3H3,(H,30,32)/t16-/m0/s1. The van der Waals surface area contributed by atoms with Crippen molar-refractivity contribution in [1.29, 1.82) is 0 Å². The summed E-state index contributed by atoms with van der Waals surface area (Å²) in [6.07, 6.45) is 4.05. The highest BCUT2D eigenvalue weighted by atomic mass is 35.5. The van der Waals surface area contributed by atoms with Crippen LogP contribution in [0.25, 0.3) is 0 Å². The summed E-state index contributed by atoms with van der Waals surface area (Å²) in [5.74, 6) is 0.969. The van der Waals surface area contributed by atoms with E-state index in [0.717, 1.165) is 29.7 Å². The number of hydrogen-bond donors (Lipinski definition) is 1. The van der Waals surface area contributed by atoms with Crippen molar-refractivity contribution in [3.05, 3.63) is 73.1 Å². The molecule has 2 aromatic carbocycles. The summed E-state index contributed by atoms with van der Waals surface area (Å²) in [6.45, 7) is 6.72. The Morgan fingerprint density at radius 2 is 1.92 bits per heavy atom. The van der Waals surface area contributed by atoms with Crippen LogP contribution in [-0.4, -0.2) is 23.8 Å². The van der Waals surface area contributed by atoms with E-state index in [0.29, 0.717) is 38.7 Å². The van der Waals surface area contributed by atoms with Crippen molar-refractivity contribution in [2.45, 2.75) is 40.0 Å². The molecule has 1 aliphatic carbocycles. The van der Waals surface area contributed by atoms with E-state index in [4.69, 9.17) is 21.1 Å². The number of halogens is 1. The largest absolute Gasteiger partial charge is 0.454 e. The van der Waals surface area contributed by atoms with Crippen molar-refractivity contribution in [3.63, 3.8) is 0 Å². The van der Waals surface area contributed by atoms with Crippen molar-refractivity contribution >= 4 is 51.4 Å². The maximum atomic E-state index is 13.5. The molecule has 1 atom stereocenters. The van der Waals surface area contributed by atoms with E-state index in [-0.39, 0.29) is 29.4 Å². The van der Waals surface area contributed by atoms with Crippen molar-refractivity contribution < 1.29 is 19.2 Å². The summed E-state index contributed by atoms with van der Waals surface area (Å²) in [6, 6.07) is 9.80. The van der Waals surface area contributed by atoms with Crippen LogP contribution in [0.4, 0.5) is 16.4 Å². The summed E-state index contributed by atoms with van der Waals surface area (Å²) < 4.78 is 10.7. The molecule has 37 heavy (non-hydrogen) atoms. The number of benzene rings is 2. The molecule has 10 heteroatoms. The Kier molecular flexibility index (Phi) is 6.68. The van der Waals surface area contributed by atoms with Gasteiger partial charge in [-0.15, -0.1) is 11.3 Å². The molecule has 1 aromatic heterocycles. The van der Waals surface area contributed by atoms with Gasteiger partial charge in [-0.25, -0.2) is 4.99 Å². The lowest BCUT2D eigenvalue weighted by molar-refractivity contribution is -0.385. The molecular formula is C27H26ClN3O5S. The van der Waals surface area contributed by atoms with Gasteiger partial charge in [-0.2, -0.15) is 0 Å². The second-order valence-corrected chi connectivity index (χ2v) is 11.8. The fourth-order valence-electron chi connectivity index (χ4n) is 4.70. The van der Waals surface area contributed by atoms with Gasteiger partial charge in [0.2, 0.25) is 6.79 Å². The lowest BCUT2D eigenvalue weighted by Gasteiger charge is -2.33. The molecule has 0 saturated heterocycles. The van der Waals surface area contributed by atoms with Gasteiger partial charge in [-0.3, -0.25) is 14.9 Å². The Morgan fingerprint density at radius 1 is 1.22 bits per heavy atom. The van der Waals surface area contributed by atoms with Gasteiger partial charge in [0.05, 0.1) is 22.1 Å². The molecule has 0 radical (unpaired) electrons. The van der Waals surface area contributed by atoms with Gasteiger partial charge in [0.15, 0.2) is 11.5 Å². The summed E-state index contributed by atoms with van der Waals surface area (Å²) >= 11 is 7.47. The van der Waals surface area contributed by atoms with Crippen LogP contribution in [0.3, 0.4) is 0 Å². The molecule has 2 aliphatic rings. The van der Waals surface area contributed by atoms with Crippen molar-refractivity contribution in [1.82, 2.24) is 0 Å². The number of carbonyl (C=O) groups is 1. The number of ether oxygens (including phenoxy) is 2. The minimum absolute atomic E-state index is 0.00862. The van der Waals surface area contributed by atoms with Crippen LogP contribution in [0.5, 0.6) is 11.5 Å². The summed E-state index contributed by atoms with van der Waals surface area (Å²) in [4.78, 5) is 30.5. The third kappa shape index (κ3) is 5.19. The molecule has 0 saturated carbocycles. The first kappa shape index (κ1) is 25.2. The molecule has 8 nitrogen and oxygen atoms in total. The maximum Gasteiger partial charge on any atom is 0.282 e.